The third-order valence-corrected chi connectivity index (χ3v) is 12.4. The molecule has 3 nitrogen and oxygen atoms in total. The Balaban J connectivity index is 2.28. The van der Waals surface area contributed by atoms with Gasteiger partial charge >= 0.3 is 0 Å². The molecule has 0 aliphatic heterocycles. The third-order valence-electron chi connectivity index (χ3n) is 5.73. The van der Waals surface area contributed by atoms with Crippen molar-refractivity contribution < 1.29 is 13.0 Å². The fourth-order valence-electron chi connectivity index (χ4n) is 4.00. The summed E-state index contributed by atoms with van der Waals surface area (Å²) in [6.07, 6.45) is 3.98. The van der Waals surface area contributed by atoms with Crippen molar-refractivity contribution in [2.75, 3.05) is 6.61 Å². The molecule has 0 saturated heterocycles. The van der Waals surface area contributed by atoms with Crippen LogP contribution in [0.15, 0.2) is 85.2 Å². The van der Waals surface area contributed by atoms with Crippen LogP contribution in [0.1, 0.15) is 54.4 Å². The summed E-state index contributed by atoms with van der Waals surface area (Å²) in [6, 6.07) is 20.2. The molecule has 0 aliphatic carbocycles. The molecular weight excluding hydrogens is 461 g/mol. The fraction of sp³-hybridized carbons (Fsp3) is 0.429. The molecule has 1 unspecified atom stereocenters. The van der Waals surface area contributed by atoms with Crippen LogP contribution in [0.2, 0.25) is 5.04 Å². The highest BCUT2D eigenvalue weighted by molar-refractivity contribution is 7.84. The lowest BCUT2D eigenvalue weighted by molar-refractivity contribution is 0.303. The van der Waals surface area contributed by atoms with E-state index in [1.54, 1.807) is 12.2 Å². The number of hydrogen-bond acceptors (Lipinski definition) is 2. The predicted octanol–water partition coefficient (Wildman–Crippen LogP) is 5.80. The second-order valence-electron chi connectivity index (χ2n) is 10.5. The van der Waals surface area contributed by atoms with Gasteiger partial charge in [0.1, 0.15) is 5.83 Å². The lowest BCUT2D eigenvalue weighted by Crippen LogP contribution is -2.66. The fourth-order valence-corrected chi connectivity index (χ4v) is 9.40. The molecule has 2 aromatic rings. The highest BCUT2D eigenvalue weighted by atomic mass is 32.2. The third kappa shape index (κ3) is 7.07. The highest BCUT2D eigenvalue weighted by Crippen LogP contribution is 2.36. The van der Waals surface area contributed by atoms with Crippen molar-refractivity contribution in [2.45, 2.75) is 70.2 Å². The number of nitrogens with one attached hydrogen (secondary N) is 1. The second kappa shape index (κ2) is 12.2. The van der Waals surface area contributed by atoms with Gasteiger partial charge in [-0.1, -0.05) is 87.5 Å². The Bertz CT molecular complexity index is 926. The molecule has 2 rings (SSSR count). The van der Waals surface area contributed by atoms with E-state index in [-0.39, 0.29) is 10.9 Å². The molecule has 0 saturated carbocycles. The summed E-state index contributed by atoms with van der Waals surface area (Å²) in [7, 11) is -4.02. The Kier molecular flexibility index (Phi) is 10.2. The van der Waals surface area contributed by atoms with Crippen molar-refractivity contribution in [3.05, 3.63) is 85.2 Å². The van der Waals surface area contributed by atoms with Gasteiger partial charge < -0.3 is 4.43 Å². The van der Waals surface area contributed by atoms with Crippen LogP contribution in [-0.4, -0.2) is 29.9 Å². The Morgan fingerprint density at radius 1 is 1.03 bits per heavy atom. The maximum atomic E-state index is 15.1. The Labute approximate surface area is 209 Å². The Morgan fingerprint density at radius 2 is 1.53 bits per heavy atom. The van der Waals surface area contributed by atoms with Crippen LogP contribution < -0.4 is 15.1 Å². The monoisotopic (exact) mass is 501 g/mol. The summed E-state index contributed by atoms with van der Waals surface area (Å²) in [5.74, 6) is -0.330. The SMILES string of the molecule is C=CC[C@@H](NS(=O)C(C)(C)C)/C(F)=C/CCO[Si](c1ccccc1)(c1ccccc1)C(C)(C)C. The van der Waals surface area contributed by atoms with E-state index >= 15 is 4.39 Å². The number of benzene rings is 2. The minimum absolute atomic E-state index is 0.130. The molecule has 0 bridgehead atoms. The summed E-state index contributed by atoms with van der Waals surface area (Å²) in [4.78, 5) is 0. The molecule has 6 heteroatoms. The lowest BCUT2D eigenvalue weighted by atomic mass is 10.2. The maximum Gasteiger partial charge on any atom is 0.261 e. The first-order chi connectivity index (χ1) is 15.9. The first-order valence-electron chi connectivity index (χ1n) is 11.8. The molecule has 1 N–H and O–H groups in total. The number of rotatable bonds is 11. The smallest absolute Gasteiger partial charge is 0.261 e. The van der Waals surface area contributed by atoms with E-state index < -0.39 is 30.1 Å². The van der Waals surface area contributed by atoms with Gasteiger partial charge in [0, 0.05) is 6.61 Å². The van der Waals surface area contributed by atoms with Crippen LogP contribution in [0.5, 0.6) is 0 Å². The van der Waals surface area contributed by atoms with E-state index in [1.165, 1.54) is 10.4 Å². The molecule has 0 aromatic heterocycles. The zero-order chi connectivity index (χ0) is 25.4. The van der Waals surface area contributed by atoms with Crippen molar-refractivity contribution in [3.63, 3.8) is 0 Å². The van der Waals surface area contributed by atoms with Gasteiger partial charge in [-0.15, -0.1) is 6.58 Å². The van der Waals surface area contributed by atoms with Gasteiger partial charge in [0.05, 0.1) is 21.8 Å². The van der Waals surface area contributed by atoms with E-state index in [9.17, 15) is 4.21 Å². The van der Waals surface area contributed by atoms with Crippen molar-refractivity contribution in [1.82, 2.24) is 4.72 Å². The van der Waals surface area contributed by atoms with E-state index in [0.717, 1.165) is 0 Å². The quantitative estimate of drug-likeness (QED) is 0.240. The van der Waals surface area contributed by atoms with Crippen LogP contribution >= 0.6 is 0 Å². The predicted molar refractivity (Wildman–Crippen MR) is 147 cm³/mol. The van der Waals surface area contributed by atoms with Crippen LogP contribution in [0.4, 0.5) is 4.39 Å². The van der Waals surface area contributed by atoms with Gasteiger partial charge in [0.15, 0.2) is 0 Å². The van der Waals surface area contributed by atoms with Gasteiger partial charge in [0.25, 0.3) is 8.32 Å². The molecule has 0 fully saturated rings. The second-order valence-corrected chi connectivity index (χ2v) is 16.8. The van der Waals surface area contributed by atoms with Gasteiger partial charge in [-0.05, 0) is 55.1 Å². The molecule has 186 valence electrons. The summed E-state index contributed by atoms with van der Waals surface area (Å²) < 4.78 is 36.8. The molecular formula is C28H40FNO2SSi. The molecule has 0 radical (unpaired) electrons. The molecule has 2 atom stereocenters. The maximum absolute atomic E-state index is 15.1. The molecule has 34 heavy (non-hydrogen) atoms. The molecule has 0 spiro atoms. The minimum Gasteiger partial charge on any atom is -0.407 e. The largest absolute Gasteiger partial charge is 0.407 e. The zero-order valence-corrected chi connectivity index (χ0v) is 23.3. The topological polar surface area (TPSA) is 38.3 Å². The summed E-state index contributed by atoms with van der Waals surface area (Å²) in [5, 5.41) is 2.27. The first kappa shape index (κ1) is 28.4. The summed E-state index contributed by atoms with van der Waals surface area (Å²) in [5.41, 5.74) is 0. The van der Waals surface area contributed by atoms with Gasteiger partial charge in [-0.25, -0.2) is 13.3 Å². The van der Waals surface area contributed by atoms with E-state index in [1.807, 2.05) is 32.9 Å². The minimum atomic E-state index is -2.65. The summed E-state index contributed by atoms with van der Waals surface area (Å²) >= 11 is 0. The van der Waals surface area contributed by atoms with Gasteiger partial charge in [-0.3, -0.25) is 0 Å². The molecule has 2 aromatic carbocycles. The van der Waals surface area contributed by atoms with E-state index in [2.05, 4.69) is 80.6 Å². The van der Waals surface area contributed by atoms with Gasteiger partial charge in [-0.2, -0.15) is 0 Å². The normalized spacial score (nSPS) is 15.1. The molecule has 0 heterocycles. The highest BCUT2D eigenvalue weighted by Gasteiger charge is 2.49. The van der Waals surface area contributed by atoms with Crippen molar-refractivity contribution in [2.24, 2.45) is 0 Å². The van der Waals surface area contributed by atoms with Crippen LogP contribution in [0.25, 0.3) is 0 Å². The number of hydrogen-bond donors (Lipinski definition) is 1. The van der Waals surface area contributed by atoms with E-state index in [0.29, 0.717) is 19.4 Å². The zero-order valence-electron chi connectivity index (χ0n) is 21.4. The van der Waals surface area contributed by atoms with Crippen LogP contribution in [0.3, 0.4) is 0 Å². The van der Waals surface area contributed by atoms with Crippen molar-refractivity contribution in [3.8, 4) is 0 Å². The average molecular weight is 502 g/mol. The number of halogens is 1. The van der Waals surface area contributed by atoms with Crippen LogP contribution in [0, 0.1) is 0 Å². The van der Waals surface area contributed by atoms with Crippen LogP contribution in [-0.2, 0) is 15.4 Å². The Hall–Kier alpha value is -1.86. The first-order valence-corrected chi connectivity index (χ1v) is 14.9. The molecule has 0 aliphatic rings. The Morgan fingerprint density at radius 3 is 1.94 bits per heavy atom. The van der Waals surface area contributed by atoms with Crippen molar-refractivity contribution in [1.29, 1.82) is 0 Å². The van der Waals surface area contributed by atoms with Crippen molar-refractivity contribution >= 4 is 29.7 Å². The lowest BCUT2D eigenvalue weighted by Gasteiger charge is -2.43. The van der Waals surface area contributed by atoms with Gasteiger partial charge in [0.2, 0.25) is 0 Å². The standard InChI is InChI=1S/C28H40FNO2SSi/c1-8-16-26(30-33(31)27(2,3)4)25(29)21-15-22-32-34(28(5,6)7,23-17-11-9-12-18-23)24-19-13-10-14-20-24/h8-14,17-21,26,30H,1,15-16,22H2,2-7H3/b25-21-/t26-,33?/m1/s1. The van der Waals surface area contributed by atoms with E-state index in [4.69, 9.17) is 4.43 Å². The average Bonchev–Trinajstić information content (AvgIpc) is 2.78. The molecule has 0 amide bonds. The summed E-state index contributed by atoms with van der Waals surface area (Å²) in [6.45, 7) is 16.4.